The number of nitrogens with two attached hydrogens (primary N) is 1. The summed E-state index contributed by atoms with van der Waals surface area (Å²) in [5.74, 6) is 6.43. The van der Waals surface area contributed by atoms with Gasteiger partial charge < -0.3 is 9.47 Å². The Morgan fingerprint density at radius 2 is 2.10 bits per heavy atom. The Morgan fingerprint density at radius 1 is 1.30 bits per heavy atom. The topological polar surface area (TPSA) is 56.5 Å². The van der Waals surface area contributed by atoms with E-state index in [1.165, 1.54) is 38.5 Å². The third kappa shape index (κ3) is 4.42. The summed E-state index contributed by atoms with van der Waals surface area (Å²) in [6, 6.07) is 0.370. The van der Waals surface area contributed by atoms with Crippen molar-refractivity contribution in [2.24, 2.45) is 11.8 Å². The molecule has 1 spiro atoms. The van der Waals surface area contributed by atoms with Crippen LogP contribution in [0.15, 0.2) is 0 Å². The van der Waals surface area contributed by atoms with E-state index >= 15 is 0 Å². The molecule has 20 heavy (non-hydrogen) atoms. The zero-order chi connectivity index (χ0) is 14.3. The van der Waals surface area contributed by atoms with Crippen LogP contribution < -0.4 is 11.3 Å². The van der Waals surface area contributed by atoms with Crippen LogP contribution in [0, 0.1) is 5.92 Å². The highest BCUT2D eigenvalue weighted by Gasteiger charge is 2.40. The average Bonchev–Trinajstić information content (AvgIpc) is 2.48. The summed E-state index contributed by atoms with van der Waals surface area (Å²) < 4.78 is 11.8. The van der Waals surface area contributed by atoms with E-state index in [0.717, 1.165) is 39.1 Å². The van der Waals surface area contributed by atoms with Crippen LogP contribution in [0.5, 0.6) is 0 Å². The number of ether oxygens (including phenoxy) is 2. The van der Waals surface area contributed by atoms with Gasteiger partial charge in [-0.25, -0.2) is 0 Å². The molecule has 1 aliphatic carbocycles. The van der Waals surface area contributed by atoms with Gasteiger partial charge in [0.05, 0.1) is 5.60 Å². The number of rotatable bonds is 7. The van der Waals surface area contributed by atoms with Gasteiger partial charge in [0, 0.05) is 25.9 Å². The zero-order valence-electron chi connectivity index (χ0n) is 13.0. The largest absolute Gasteiger partial charge is 0.381 e. The first-order chi connectivity index (χ1) is 9.79. The minimum atomic E-state index is 0.167. The predicted molar refractivity (Wildman–Crippen MR) is 81.3 cm³/mol. The lowest BCUT2D eigenvalue weighted by molar-refractivity contribution is -0.122. The molecule has 0 radical (unpaired) electrons. The van der Waals surface area contributed by atoms with Gasteiger partial charge in [-0.3, -0.25) is 11.3 Å². The molecule has 2 atom stereocenters. The smallest absolute Gasteiger partial charge is 0.0685 e. The summed E-state index contributed by atoms with van der Waals surface area (Å²) in [5, 5.41) is 0. The summed E-state index contributed by atoms with van der Waals surface area (Å²) in [5.41, 5.74) is 3.20. The summed E-state index contributed by atoms with van der Waals surface area (Å²) >= 11 is 0. The van der Waals surface area contributed by atoms with E-state index in [4.69, 9.17) is 15.3 Å². The Morgan fingerprint density at radius 3 is 2.80 bits per heavy atom. The minimum absolute atomic E-state index is 0.167. The summed E-state index contributed by atoms with van der Waals surface area (Å²) in [6.45, 7) is 4.71. The fourth-order valence-corrected chi connectivity index (χ4v) is 3.87. The van der Waals surface area contributed by atoms with Gasteiger partial charge in [-0.2, -0.15) is 0 Å². The predicted octanol–water partition coefficient (Wildman–Crippen LogP) is 2.76. The standard InChI is InChI=1S/C16H32N2O2/c1-2-10-19-11-7-15(18-17)14-6-12-20-16(13-14)8-4-3-5-9-16/h14-15,18H,2-13,17H2,1H3. The van der Waals surface area contributed by atoms with E-state index in [1.807, 2.05) is 0 Å². The molecule has 4 heteroatoms. The first-order valence-electron chi connectivity index (χ1n) is 8.47. The van der Waals surface area contributed by atoms with E-state index in [9.17, 15) is 0 Å². The molecular formula is C16H32N2O2. The lowest BCUT2D eigenvalue weighted by Crippen LogP contribution is -2.49. The Hall–Kier alpha value is -0.160. The van der Waals surface area contributed by atoms with Crippen molar-refractivity contribution >= 4 is 0 Å². The summed E-state index contributed by atoms with van der Waals surface area (Å²) in [6.07, 6.45) is 10.9. The second kappa shape index (κ2) is 8.32. The highest BCUT2D eigenvalue weighted by Crippen LogP contribution is 2.41. The Labute approximate surface area is 123 Å². The molecule has 1 heterocycles. The second-order valence-electron chi connectivity index (χ2n) is 6.52. The molecule has 2 fully saturated rings. The van der Waals surface area contributed by atoms with Gasteiger partial charge in [0.1, 0.15) is 0 Å². The third-order valence-electron chi connectivity index (χ3n) is 5.00. The van der Waals surface area contributed by atoms with Gasteiger partial charge >= 0.3 is 0 Å². The molecule has 118 valence electrons. The first kappa shape index (κ1) is 16.2. The van der Waals surface area contributed by atoms with Crippen LogP contribution in [0.3, 0.4) is 0 Å². The normalized spacial score (nSPS) is 27.6. The van der Waals surface area contributed by atoms with E-state index < -0.39 is 0 Å². The van der Waals surface area contributed by atoms with Gasteiger partial charge in [-0.15, -0.1) is 0 Å². The molecule has 2 aliphatic rings. The fourth-order valence-electron chi connectivity index (χ4n) is 3.87. The fraction of sp³-hybridized carbons (Fsp3) is 1.00. The minimum Gasteiger partial charge on any atom is -0.381 e. The van der Waals surface area contributed by atoms with E-state index in [2.05, 4.69) is 12.3 Å². The zero-order valence-corrected chi connectivity index (χ0v) is 13.0. The van der Waals surface area contributed by atoms with Crippen molar-refractivity contribution < 1.29 is 9.47 Å². The van der Waals surface area contributed by atoms with Gasteiger partial charge in [0.2, 0.25) is 0 Å². The van der Waals surface area contributed by atoms with Gasteiger partial charge in [0.15, 0.2) is 0 Å². The quantitative estimate of drug-likeness (QED) is 0.429. The molecule has 0 bridgehead atoms. The molecule has 2 unspecified atom stereocenters. The van der Waals surface area contributed by atoms with Crippen LogP contribution in [0.2, 0.25) is 0 Å². The molecule has 1 aliphatic heterocycles. The monoisotopic (exact) mass is 284 g/mol. The molecule has 0 amide bonds. The summed E-state index contributed by atoms with van der Waals surface area (Å²) in [7, 11) is 0. The SMILES string of the molecule is CCCOCCC(NN)C1CCOC2(CCCCC2)C1. The molecule has 4 nitrogen and oxygen atoms in total. The number of hydrogen-bond acceptors (Lipinski definition) is 4. The molecular weight excluding hydrogens is 252 g/mol. The van der Waals surface area contributed by atoms with Crippen molar-refractivity contribution in [2.75, 3.05) is 19.8 Å². The van der Waals surface area contributed by atoms with Crippen LogP contribution in [0.1, 0.15) is 64.7 Å². The van der Waals surface area contributed by atoms with Crippen molar-refractivity contribution in [3.05, 3.63) is 0 Å². The maximum Gasteiger partial charge on any atom is 0.0685 e. The molecule has 0 aromatic heterocycles. The number of hydrazine groups is 1. The van der Waals surface area contributed by atoms with Crippen LogP contribution in [0.25, 0.3) is 0 Å². The first-order valence-corrected chi connectivity index (χ1v) is 8.47. The van der Waals surface area contributed by atoms with E-state index in [-0.39, 0.29) is 5.60 Å². The summed E-state index contributed by atoms with van der Waals surface area (Å²) in [4.78, 5) is 0. The molecule has 0 aromatic carbocycles. The number of hydrogen-bond donors (Lipinski definition) is 2. The van der Waals surface area contributed by atoms with Crippen molar-refractivity contribution in [2.45, 2.75) is 76.4 Å². The van der Waals surface area contributed by atoms with Crippen molar-refractivity contribution in [3.8, 4) is 0 Å². The molecule has 2 rings (SSSR count). The van der Waals surface area contributed by atoms with E-state index in [1.54, 1.807) is 0 Å². The maximum atomic E-state index is 6.17. The second-order valence-corrected chi connectivity index (χ2v) is 6.52. The molecule has 3 N–H and O–H groups in total. The lowest BCUT2D eigenvalue weighted by atomic mass is 9.74. The van der Waals surface area contributed by atoms with E-state index in [0.29, 0.717) is 12.0 Å². The van der Waals surface area contributed by atoms with Crippen molar-refractivity contribution in [1.82, 2.24) is 5.43 Å². The molecule has 1 saturated heterocycles. The Bertz CT molecular complexity index is 262. The molecule has 0 aromatic rings. The van der Waals surface area contributed by atoms with Crippen LogP contribution in [-0.2, 0) is 9.47 Å². The van der Waals surface area contributed by atoms with Crippen LogP contribution in [-0.4, -0.2) is 31.5 Å². The van der Waals surface area contributed by atoms with Crippen LogP contribution >= 0.6 is 0 Å². The number of nitrogens with one attached hydrogen (secondary N) is 1. The van der Waals surface area contributed by atoms with Gasteiger partial charge in [-0.05, 0) is 44.4 Å². The molecule has 1 saturated carbocycles. The maximum absolute atomic E-state index is 6.17. The van der Waals surface area contributed by atoms with Crippen molar-refractivity contribution in [3.63, 3.8) is 0 Å². The third-order valence-corrected chi connectivity index (χ3v) is 5.00. The Balaban J connectivity index is 1.82. The Kier molecular flexibility index (Phi) is 6.75. The van der Waals surface area contributed by atoms with Crippen molar-refractivity contribution in [1.29, 1.82) is 0 Å². The highest BCUT2D eigenvalue weighted by molar-refractivity contribution is 4.92. The van der Waals surface area contributed by atoms with Crippen LogP contribution in [0.4, 0.5) is 0 Å². The van der Waals surface area contributed by atoms with Gasteiger partial charge in [-0.1, -0.05) is 26.2 Å². The van der Waals surface area contributed by atoms with Gasteiger partial charge in [0.25, 0.3) is 0 Å². The lowest BCUT2D eigenvalue weighted by Gasteiger charge is -2.45. The average molecular weight is 284 g/mol. The highest BCUT2D eigenvalue weighted by atomic mass is 16.5.